The molecule has 0 fully saturated rings. The number of hydrogen-bond acceptors (Lipinski definition) is 5. The summed E-state index contributed by atoms with van der Waals surface area (Å²) in [6.07, 6.45) is 2.06. The van der Waals surface area contributed by atoms with Crippen LogP contribution < -0.4 is 5.32 Å². The zero-order valence-electron chi connectivity index (χ0n) is 12.3. The van der Waals surface area contributed by atoms with Gasteiger partial charge in [0, 0.05) is 17.9 Å². The highest BCUT2D eigenvalue weighted by atomic mass is 32.2. The highest BCUT2D eigenvalue weighted by Gasteiger charge is 2.09. The first-order valence-corrected chi connectivity index (χ1v) is 8.62. The Balaban J connectivity index is 2.12. The van der Waals surface area contributed by atoms with E-state index in [2.05, 4.69) is 53.6 Å². The van der Waals surface area contributed by atoms with E-state index in [0.717, 1.165) is 36.1 Å². The molecule has 2 rings (SSSR count). The largest absolute Gasteiger partial charge is 0.313 e. The Morgan fingerprint density at radius 3 is 2.85 bits per heavy atom. The van der Waals surface area contributed by atoms with Crippen LogP contribution >= 0.6 is 23.3 Å². The quantitative estimate of drug-likeness (QED) is 0.783. The lowest BCUT2D eigenvalue weighted by atomic mass is 10.1. The molecule has 5 heteroatoms. The van der Waals surface area contributed by atoms with Gasteiger partial charge in [-0.05, 0) is 43.1 Å². The maximum Gasteiger partial charge on any atom is 0.174 e. The Labute approximate surface area is 129 Å². The van der Waals surface area contributed by atoms with Crippen LogP contribution in [0, 0.1) is 6.92 Å². The van der Waals surface area contributed by atoms with Crippen LogP contribution in [0.4, 0.5) is 0 Å². The van der Waals surface area contributed by atoms with Crippen molar-refractivity contribution in [3.8, 4) is 0 Å². The molecule has 3 nitrogen and oxygen atoms in total. The van der Waals surface area contributed by atoms with E-state index in [1.165, 1.54) is 27.6 Å². The van der Waals surface area contributed by atoms with Crippen molar-refractivity contribution < 1.29 is 0 Å². The van der Waals surface area contributed by atoms with Crippen molar-refractivity contribution in [1.82, 2.24) is 14.7 Å². The number of aryl methyl sites for hydroxylation is 2. The summed E-state index contributed by atoms with van der Waals surface area (Å²) in [5.74, 6) is 0.940. The van der Waals surface area contributed by atoms with Crippen LogP contribution in [0.25, 0.3) is 0 Å². The lowest BCUT2D eigenvalue weighted by molar-refractivity contribution is 0.669. The van der Waals surface area contributed by atoms with Crippen molar-refractivity contribution in [3.05, 3.63) is 35.2 Å². The summed E-state index contributed by atoms with van der Waals surface area (Å²) in [5, 5.41) is 3.48. The van der Waals surface area contributed by atoms with E-state index in [4.69, 9.17) is 0 Å². The van der Waals surface area contributed by atoms with Crippen molar-refractivity contribution in [2.24, 2.45) is 0 Å². The summed E-state index contributed by atoms with van der Waals surface area (Å²) in [7, 11) is 0. The fourth-order valence-corrected chi connectivity index (χ4v) is 3.63. The minimum Gasteiger partial charge on any atom is -0.313 e. The van der Waals surface area contributed by atoms with Gasteiger partial charge in [0.15, 0.2) is 4.34 Å². The van der Waals surface area contributed by atoms with Gasteiger partial charge in [-0.1, -0.05) is 43.3 Å². The van der Waals surface area contributed by atoms with Gasteiger partial charge in [-0.3, -0.25) is 0 Å². The summed E-state index contributed by atoms with van der Waals surface area (Å²) in [6.45, 7) is 8.38. The molecule has 1 aromatic heterocycles. The standard InChI is InChI=1S/C15H21N3S2/c1-4-8-16-10-12-9-11(3)6-7-13(12)19-15-17-14(5-2)18-20-15/h6-7,9,16H,4-5,8,10H2,1-3H3. The SMILES string of the molecule is CCCNCc1cc(C)ccc1Sc1nc(CC)ns1. The molecule has 0 unspecified atom stereocenters. The van der Waals surface area contributed by atoms with E-state index in [-0.39, 0.29) is 0 Å². The topological polar surface area (TPSA) is 37.8 Å². The maximum absolute atomic E-state index is 4.53. The Bertz CT molecular complexity index is 552. The number of benzene rings is 1. The molecule has 1 aromatic carbocycles. The second-order valence-electron chi connectivity index (χ2n) is 4.72. The number of rotatable bonds is 7. The third kappa shape index (κ3) is 4.30. The third-order valence-electron chi connectivity index (χ3n) is 2.92. The molecule has 0 aliphatic heterocycles. The lowest BCUT2D eigenvalue weighted by Gasteiger charge is -2.09. The molecule has 0 aliphatic carbocycles. The predicted molar refractivity (Wildman–Crippen MR) is 86.6 cm³/mol. The minimum absolute atomic E-state index is 0.899. The zero-order chi connectivity index (χ0) is 14.4. The molecule has 0 radical (unpaired) electrons. The van der Waals surface area contributed by atoms with E-state index < -0.39 is 0 Å². The average molecular weight is 307 g/mol. The first-order chi connectivity index (χ1) is 9.72. The highest BCUT2D eigenvalue weighted by molar-refractivity contribution is 8.01. The lowest BCUT2D eigenvalue weighted by Crippen LogP contribution is -2.14. The maximum atomic E-state index is 4.53. The highest BCUT2D eigenvalue weighted by Crippen LogP contribution is 2.32. The predicted octanol–water partition coefficient (Wildman–Crippen LogP) is 4.06. The van der Waals surface area contributed by atoms with Gasteiger partial charge in [0.25, 0.3) is 0 Å². The van der Waals surface area contributed by atoms with Crippen LogP contribution in [0.2, 0.25) is 0 Å². The summed E-state index contributed by atoms with van der Waals surface area (Å²) >= 11 is 3.21. The molecule has 0 atom stereocenters. The Kier molecular flexibility index (Phi) is 6.01. The summed E-state index contributed by atoms with van der Waals surface area (Å²) in [5.41, 5.74) is 2.64. The number of nitrogens with one attached hydrogen (secondary N) is 1. The van der Waals surface area contributed by atoms with Gasteiger partial charge in [-0.25, -0.2) is 4.98 Å². The van der Waals surface area contributed by atoms with Crippen molar-refractivity contribution >= 4 is 23.3 Å². The smallest absolute Gasteiger partial charge is 0.174 e. The molecular formula is C15H21N3S2. The molecule has 0 spiro atoms. The van der Waals surface area contributed by atoms with Crippen molar-refractivity contribution in [2.75, 3.05) is 6.54 Å². The molecular weight excluding hydrogens is 286 g/mol. The van der Waals surface area contributed by atoms with Crippen molar-refractivity contribution in [1.29, 1.82) is 0 Å². The zero-order valence-corrected chi connectivity index (χ0v) is 13.9. The molecule has 0 saturated heterocycles. The Hall–Kier alpha value is -0.910. The van der Waals surface area contributed by atoms with Gasteiger partial charge < -0.3 is 5.32 Å². The van der Waals surface area contributed by atoms with Gasteiger partial charge >= 0.3 is 0 Å². The monoisotopic (exact) mass is 307 g/mol. The molecule has 1 heterocycles. The molecule has 2 aromatic rings. The average Bonchev–Trinajstić information content (AvgIpc) is 2.90. The van der Waals surface area contributed by atoms with Crippen LogP contribution in [0.3, 0.4) is 0 Å². The molecule has 108 valence electrons. The number of aromatic nitrogens is 2. The first-order valence-electron chi connectivity index (χ1n) is 7.03. The van der Waals surface area contributed by atoms with Gasteiger partial charge in [0.05, 0.1) is 0 Å². The fourth-order valence-electron chi connectivity index (χ4n) is 1.86. The molecule has 0 aliphatic rings. The summed E-state index contributed by atoms with van der Waals surface area (Å²) in [4.78, 5) is 5.81. The molecule has 20 heavy (non-hydrogen) atoms. The van der Waals surface area contributed by atoms with Crippen LogP contribution in [0.1, 0.15) is 37.2 Å². The third-order valence-corrected chi connectivity index (χ3v) is 4.83. The second kappa shape index (κ2) is 7.76. The molecule has 1 N–H and O–H groups in total. The van der Waals surface area contributed by atoms with E-state index in [0.29, 0.717) is 0 Å². The molecule has 0 amide bonds. The van der Waals surface area contributed by atoms with E-state index in [1.54, 1.807) is 11.8 Å². The Morgan fingerprint density at radius 2 is 2.15 bits per heavy atom. The first kappa shape index (κ1) is 15.5. The van der Waals surface area contributed by atoms with Crippen molar-refractivity contribution in [2.45, 2.75) is 49.4 Å². The van der Waals surface area contributed by atoms with Crippen LogP contribution in [-0.4, -0.2) is 15.9 Å². The second-order valence-corrected chi connectivity index (χ2v) is 6.76. The number of hydrogen-bond donors (Lipinski definition) is 1. The van der Waals surface area contributed by atoms with Crippen LogP contribution in [0.15, 0.2) is 27.4 Å². The molecule has 0 saturated carbocycles. The fraction of sp³-hybridized carbons (Fsp3) is 0.467. The Morgan fingerprint density at radius 1 is 1.30 bits per heavy atom. The summed E-state index contributed by atoms with van der Waals surface area (Å²) < 4.78 is 5.38. The van der Waals surface area contributed by atoms with E-state index in [1.807, 2.05) is 0 Å². The normalized spacial score (nSPS) is 10.9. The van der Waals surface area contributed by atoms with Gasteiger partial charge in [-0.2, -0.15) is 4.37 Å². The van der Waals surface area contributed by atoms with E-state index in [9.17, 15) is 0 Å². The van der Waals surface area contributed by atoms with E-state index >= 15 is 0 Å². The summed E-state index contributed by atoms with van der Waals surface area (Å²) in [6, 6.07) is 6.61. The van der Waals surface area contributed by atoms with Crippen LogP contribution in [0.5, 0.6) is 0 Å². The van der Waals surface area contributed by atoms with Gasteiger partial charge in [0.2, 0.25) is 0 Å². The van der Waals surface area contributed by atoms with Crippen molar-refractivity contribution in [3.63, 3.8) is 0 Å². The van der Waals surface area contributed by atoms with Gasteiger partial charge in [0.1, 0.15) is 5.82 Å². The minimum atomic E-state index is 0.899. The van der Waals surface area contributed by atoms with Crippen LogP contribution in [-0.2, 0) is 13.0 Å². The van der Waals surface area contributed by atoms with Gasteiger partial charge in [-0.15, -0.1) is 0 Å². The number of nitrogens with zero attached hydrogens (tertiary/aromatic N) is 2. The molecule has 0 bridgehead atoms.